The van der Waals surface area contributed by atoms with Crippen molar-refractivity contribution < 1.29 is 14.4 Å². The third-order valence-electron chi connectivity index (χ3n) is 6.31. The molecule has 3 aliphatic heterocycles. The number of hydrogen-bond donors (Lipinski definition) is 6. The van der Waals surface area contributed by atoms with Gasteiger partial charge in [0.05, 0.1) is 5.92 Å². The van der Waals surface area contributed by atoms with Crippen molar-refractivity contribution in [2.24, 2.45) is 10.9 Å². The highest BCUT2D eigenvalue weighted by Gasteiger charge is 2.45. The molecule has 0 spiro atoms. The molecule has 1 aromatic heterocycles. The van der Waals surface area contributed by atoms with Gasteiger partial charge >= 0.3 is 0 Å². The molecule has 33 heavy (non-hydrogen) atoms. The zero-order chi connectivity index (χ0) is 23.8. The average molecular weight is 473 g/mol. The summed E-state index contributed by atoms with van der Waals surface area (Å²) in [7, 11) is -3.37. The van der Waals surface area contributed by atoms with Crippen molar-refractivity contribution in [3.05, 3.63) is 54.6 Å². The average Bonchev–Trinajstić information content (AvgIpc) is 3.05. The van der Waals surface area contributed by atoms with Gasteiger partial charge in [0.1, 0.15) is 17.9 Å². The van der Waals surface area contributed by atoms with Gasteiger partial charge in [0, 0.05) is 35.6 Å². The molecule has 4 heterocycles. The smallest absolute Gasteiger partial charge is 0.226 e. The van der Waals surface area contributed by atoms with Crippen molar-refractivity contribution in [3.63, 3.8) is 0 Å². The first-order chi connectivity index (χ1) is 15.6. The van der Waals surface area contributed by atoms with Crippen molar-refractivity contribution in [2.75, 3.05) is 11.9 Å². The van der Waals surface area contributed by atoms with E-state index in [1.165, 1.54) is 0 Å². The predicted octanol–water partition coefficient (Wildman–Crippen LogP) is 3.25. The Hall–Kier alpha value is -2.66. The molecule has 0 saturated carbocycles. The van der Waals surface area contributed by atoms with Crippen LogP contribution < -0.4 is 15.4 Å². The van der Waals surface area contributed by atoms with Crippen LogP contribution in [0.25, 0.3) is 0 Å². The van der Waals surface area contributed by atoms with E-state index >= 15 is 0 Å². The standard InChI is InChI=1S/C23H33N7O2S/c1-15(24)11-13-25-20-9-8-18-16(2)29-33(31,32)21-7-5-6-19(27-21)26-14-17-10-12-23(3,4)30(17)22(18)28-20/h5-7,9,11,13,17-18,24-25,29,31-32H,2,8,10,12,14H2,1,3-4H3,(H,26,27)/p+1/b13-11-,24-15?. The van der Waals surface area contributed by atoms with Gasteiger partial charge in [-0.05, 0) is 58.2 Å². The van der Waals surface area contributed by atoms with Crippen LogP contribution in [-0.4, -0.2) is 48.7 Å². The Morgan fingerprint density at radius 2 is 2.18 bits per heavy atom. The number of aromatic nitrogens is 1. The molecule has 0 amide bonds. The van der Waals surface area contributed by atoms with Crippen molar-refractivity contribution in [3.8, 4) is 0 Å². The Balaban J connectivity index is 1.75. The second kappa shape index (κ2) is 8.94. The molecule has 1 aromatic rings. The number of rotatable bonds is 3. The monoisotopic (exact) mass is 472 g/mol. The number of quaternary nitrogens is 1. The maximum Gasteiger partial charge on any atom is 0.226 e. The number of allylic oxidation sites excluding steroid dienone is 2. The summed E-state index contributed by atoms with van der Waals surface area (Å²) in [6.07, 6.45) is 8.25. The number of hydrogen-bond acceptors (Lipinski definition) is 8. The van der Waals surface area contributed by atoms with Gasteiger partial charge in [-0.2, -0.15) is 4.99 Å². The fourth-order valence-corrected chi connectivity index (χ4v) is 5.78. The Labute approximate surface area is 196 Å². The maximum atomic E-state index is 10.9. The number of aliphatic imine (C=N–C) groups is 1. The maximum absolute atomic E-state index is 10.9. The second-order valence-electron chi connectivity index (χ2n) is 9.39. The lowest BCUT2D eigenvalue weighted by molar-refractivity contribution is -0.536. The largest absolute Gasteiger partial charge is 0.368 e. The summed E-state index contributed by atoms with van der Waals surface area (Å²) in [5.74, 6) is 2.09. The van der Waals surface area contributed by atoms with Gasteiger partial charge in [0.15, 0.2) is 5.03 Å². The van der Waals surface area contributed by atoms with Gasteiger partial charge in [-0.1, -0.05) is 23.4 Å². The molecule has 0 radical (unpaired) electrons. The molecular weight excluding hydrogens is 438 g/mol. The fraction of sp³-hybridized carbons (Fsp3) is 0.435. The number of fused-ring (bicyclic) bond motifs is 5. The number of nitrogens with one attached hydrogen (secondary N) is 3. The lowest BCUT2D eigenvalue weighted by Crippen LogP contribution is -2.76. The van der Waals surface area contributed by atoms with Crippen LogP contribution in [0, 0.1) is 11.3 Å². The summed E-state index contributed by atoms with van der Waals surface area (Å²) < 4.78 is 24.6. The van der Waals surface area contributed by atoms with Gasteiger partial charge in [-0.3, -0.25) is 19.1 Å². The quantitative estimate of drug-likeness (QED) is 0.374. The van der Waals surface area contributed by atoms with Gasteiger partial charge < -0.3 is 15.6 Å². The summed E-state index contributed by atoms with van der Waals surface area (Å²) in [5, 5.41) is 13.1. The number of anilines is 1. The number of amidine groups is 1. The van der Waals surface area contributed by atoms with E-state index in [2.05, 4.69) is 40.3 Å². The Morgan fingerprint density at radius 3 is 2.94 bits per heavy atom. The lowest BCUT2D eigenvalue weighted by atomic mass is 9.94. The second-order valence-corrected chi connectivity index (χ2v) is 11.1. The molecule has 178 valence electrons. The molecule has 4 rings (SSSR count). The first kappa shape index (κ1) is 23.5. The topological polar surface area (TPSA) is 133 Å². The summed E-state index contributed by atoms with van der Waals surface area (Å²) in [5.41, 5.74) is 0.873. The fourth-order valence-electron chi connectivity index (χ4n) is 4.67. The van der Waals surface area contributed by atoms with Crippen LogP contribution >= 0.6 is 10.8 Å². The lowest BCUT2D eigenvalue weighted by Gasteiger charge is -2.44. The minimum absolute atomic E-state index is 0.116. The number of pyridine rings is 1. The van der Waals surface area contributed by atoms with Crippen molar-refractivity contribution >= 4 is 28.1 Å². The van der Waals surface area contributed by atoms with E-state index in [0.29, 0.717) is 30.2 Å². The molecule has 2 unspecified atom stereocenters. The molecule has 1 fully saturated rings. The third kappa shape index (κ3) is 4.98. The highest BCUT2D eigenvalue weighted by atomic mass is 32.3. The van der Waals surface area contributed by atoms with Crippen LogP contribution in [-0.2, 0) is 0 Å². The Kier molecular flexibility index (Phi) is 6.37. The van der Waals surface area contributed by atoms with E-state index in [9.17, 15) is 9.11 Å². The van der Waals surface area contributed by atoms with Crippen molar-refractivity contribution in [1.82, 2.24) is 14.6 Å². The van der Waals surface area contributed by atoms with Crippen LogP contribution in [0.15, 0.2) is 64.7 Å². The van der Waals surface area contributed by atoms with E-state index in [1.807, 2.05) is 23.7 Å². The first-order valence-electron chi connectivity index (χ1n) is 11.2. The number of nitrogens with zero attached hydrogens (tertiary/aromatic N) is 3. The molecule has 1 saturated heterocycles. The number of nitrogens with two attached hydrogens (primary N) is 1. The van der Waals surface area contributed by atoms with Crippen molar-refractivity contribution in [1.29, 1.82) is 5.41 Å². The van der Waals surface area contributed by atoms with Crippen molar-refractivity contribution in [2.45, 2.75) is 56.6 Å². The van der Waals surface area contributed by atoms with Crippen LogP contribution in [0.1, 0.15) is 40.0 Å². The van der Waals surface area contributed by atoms with Crippen LogP contribution in [0.5, 0.6) is 0 Å². The highest BCUT2D eigenvalue weighted by molar-refractivity contribution is 8.22. The molecule has 2 atom stereocenters. The van der Waals surface area contributed by atoms with Gasteiger partial charge in [0.2, 0.25) is 5.82 Å². The minimum Gasteiger partial charge on any atom is -0.368 e. The van der Waals surface area contributed by atoms with E-state index in [-0.39, 0.29) is 22.5 Å². The summed E-state index contributed by atoms with van der Waals surface area (Å²) >= 11 is 0. The zero-order valence-corrected chi connectivity index (χ0v) is 20.2. The van der Waals surface area contributed by atoms with Gasteiger partial charge in [-0.15, -0.1) is 0 Å². The Bertz CT molecular complexity index is 1050. The zero-order valence-electron chi connectivity index (χ0n) is 19.4. The third-order valence-corrected chi connectivity index (χ3v) is 7.67. The minimum atomic E-state index is -3.37. The molecule has 0 aliphatic carbocycles. The van der Waals surface area contributed by atoms with E-state index < -0.39 is 10.8 Å². The molecule has 3 aliphatic rings. The summed E-state index contributed by atoms with van der Waals surface area (Å²) in [6, 6.07) is 5.42. The Morgan fingerprint density at radius 1 is 1.39 bits per heavy atom. The highest BCUT2D eigenvalue weighted by Crippen LogP contribution is 2.46. The SMILES string of the molecule is C=C1NS(O)(O)c2cccc(n2)NCC2CCC(C)(C)N2C2=NC([NH2+]/C=C\C(C)=N)=CCC12. The summed E-state index contributed by atoms with van der Waals surface area (Å²) in [4.78, 5) is 11.8. The van der Waals surface area contributed by atoms with E-state index in [4.69, 9.17) is 10.4 Å². The normalized spacial score (nSPS) is 27.1. The molecular formula is C23H34N7O2S+. The molecule has 2 bridgehead atoms. The molecule has 10 heteroatoms. The molecule has 9 nitrogen and oxygen atoms in total. The van der Waals surface area contributed by atoms with E-state index in [0.717, 1.165) is 24.5 Å². The predicted molar refractivity (Wildman–Crippen MR) is 133 cm³/mol. The summed E-state index contributed by atoms with van der Waals surface area (Å²) in [6.45, 7) is 11.0. The van der Waals surface area contributed by atoms with E-state index in [1.54, 1.807) is 25.1 Å². The van der Waals surface area contributed by atoms with Gasteiger partial charge in [0.25, 0.3) is 0 Å². The van der Waals surface area contributed by atoms with Crippen LogP contribution in [0.3, 0.4) is 0 Å². The van der Waals surface area contributed by atoms with Crippen LogP contribution in [0.4, 0.5) is 5.82 Å². The molecule has 0 aromatic carbocycles. The van der Waals surface area contributed by atoms with Crippen LogP contribution in [0.2, 0.25) is 0 Å². The van der Waals surface area contributed by atoms with Gasteiger partial charge in [-0.25, -0.2) is 4.98 Å². The first-order valence-corrected chi connectivity index (χ1v) is 12.7. The molecule has 7 N–H and O–H groups in total.